The van der Waals surface area contributed by atoms with Crippen molar-refractivity contribution in [2.45, 2.75) is 38.6 Å². The number of aryl methyl sites for hydroxylation is 1. The Bertz CT molecular complexity index is 450. The molecule has 0 bridgehead atoms. The van der Waals surface area contributed by atoms with Gasteiger partial charge in [0.1, 0.15) is 0 Å². The Kier molecular flexibility index (Phi) is 4.16. The fraction of sp³-hybridized carbons (Fsp3) is 0.647. The van der Waals surface area contributed by atoms with Gasteiger partial charge >= 0.3 is 0 Å². The lowest BCUT2D eigenvalue weighted by molar-refractivity contribution is 0.221. The molecule has 1 fully saturated rings. The molecule has 0 aliphatic carbocycles. The van der Waals surface area contributed by atoms with Crippen LogP contribution >= 0.6 is 0 Å². The van der Waals surface area contributed by atoms with Crippen LogP contribution in [0.3, 0.4) is 0 Å². The van der Waals surface area contributed by atoms with Crippen LogP contribution in [-0.4, -0.2) is 44.2 Å². The highest BCUT2D eigenvalue weighted by Crippen LogP contribution is 2.29. The van der Waals surface area contributed by atoms with E-state index in [1.165, 1.54) is 62.3 Å². The highest BCUT2D eigenvalue weighted by molar-refractivity contribution is 5.61. The molecule has 1 saturated heterocycles. The second-order valence-corrected chi connectivity index (χ2v) is 6.15. The van der Waals surface area contributed by atoms with Gasteiger partial charge in [0.05, 0.1) is 0 Å². The van der Waals surface area contributed by atoms with Crippen molar-refractivity contribution in [3.63, 3.8) is 0 Å². The van der Waals surface area contributed by atoms with Crippen molar-refractivity contribution < 1.29 is 0 Å². The van der Waals surface area contributed by atoms with Crippen LogP contribution in [0.2, 0.25) is 0 Å². The average Bonchev–Trinajstić information content (AvgIpc) is 2.54. The van der Waals surface area contributed by atoms with Gasteiger partial charge in [-0.3, -0.25) is 0 Å². The zero-order chi connectivity index (χ0) is 13.9. The Morgan fingerprint density at radius 1 is 1.30 bits per heavy atom. The van der Waals surface area contributed by atoms with Crippen LogP contribution < -0.4 is 10.2 Å². The first-order valence-electron chi connectivity index (χ1n) is 8.10. The Morgan fingerprint density at radius 3 is 2.85 bits per heavy atom. The Balaban J connectivity index is 1.69. The minimum atomic E-state index is 0.701. The van der Waals surface area contributed by atoms with Crippen LogP contribution in [0.4, 0.5) is 11.4 Å². The molecule has 0 unspecified atom stereocenters. The summed E-state index contributed by atoms with van der Waals surface area (Å²) in [5, 5.41) is 3.50. The first-order chi connectivity index (χ1) is 9.78. The van der Waals surface area contributed by atoms with Crippen molar-refractivity contribution in [2.24, 2.45) is 0 Å². The zero-order valence-electron chi connectivity index (χ0n) is 12.9. The standard InChI is InChI=1S/C17H27N3/c1-3-20-11-8-15(9-12-20)19(2)16-6-7-17-14(13-16)5-4-10-18-17/h6-7,13,15,18H,3-5,8-12H2,1-2H3. The van der Waals surface area contributed by atoms with Gasteiger partial charge in [0, 0.05) is 44.1 Å². The molecule has 110 valence electrons. The molecule has 2 aliphatic rings. The lowest BCUT2D eigenvalue weighted by Crippen LogP contribution is -2.43. The predicted molar refractivity (Wildman–Crippen MR) is 86.8 cm³/mol. The van der Waals surface area contributed by atoms with Gasteiger partial charge in [0.15, 0.2) is 0 Å². The molecule has 0 atom stereocenters. The minimum absolute atomic E-state index is 0.701. The lowest BCUT2D eigenvalue weighted by Gasteiger charge is -2.37. The number of rotatable bonds is 3. The number of nitrogens with zero attached hydrogens (tertiary/aromatic N) is 2. The molecule has 3 nitrogen and oxygen atoms in total. The Hall–Kier alpha value is -1.22. The van der Waals surface area contributed by atoms with E-state index in [9.17, 15) is 0 Å². The van der Waals surface area contributed by atoms with E-state index in [0.29, 0.717) is 6.04 Å². The Morgan fingerprint density at radius 2 is 2.10 bits per heavy atom. The van der Waals surface area contributed by atoms with Gasteiger partial charge in [-0.1, -0.05) is 6.92 Å². The summed E-state index contributed by atoms with van der Waals surface area (Å²) in [6.07, 6.45) is 5.06. The van der Waals surface area contributed by atoms with Crippen molar-refractivity contribution in [2.75, 3.05) is 43.4 Å². The topological polar surface area (TPSA) is 18.5 Å². The summed E-state index contributed by atoms with van der Waals surface area (Å²) in [5.74, 6) is 0. The van der Waals surface area contributed by atoms with Gasteiger partial charge < -0.3 is 15.1 Å². The first-order valence-corrected chi connectivity index (χ1v) is 8.10. The molecule has 3 rings (SSSR count). The highest BCUT2D eigenvalue weighted by atomic mass is 15.2. The number of nitrogens with one attached hydrogen (secondary N) is 1. The summed E-state index contributed by atoms with van der Waals surface area (Å²) in [6, 6.07) is 7.64. The summed E-state index contributed by atoms with van der Waals surface area (Å²) in [5.41, 5.74) is 4.23. The highest BCUT2D eigenvalue weighted by Gasteiger charge is 2.22. The van der Waals surface area contributed by atoms with Crippen molar-refractivity contribution in [3.05, 3.63) is 23.8 Å². The SMILES string of the molecule is CCN1CCC(N(C)c2ccc3c(c2)CCCN3)CC1. The molecule has 1 aromatic rings. The maximum atomic E-state index is 3.50. The van der Waals surface area contributed by atoms with Crippen LogP contribution in [0.15, 0.2) is 18.2 Å². The maximum Gasteiger partial charge on any atom is 0.0374 e. The van der Waals surface area contributed by atoms with E-state index < -0.39 is 0 Å². The van der Waals surface area contributed by atoms with Crippen LogP contribution in [0.1, 0.15) is 31.7 Å². The van der Waals surface area contributed by atoms with E-state index in [-0.39, 0.29) is 0 Å². The van der Waals surface area contributed by atoms with E-state index in [1.54, 1.807) is 0 Å². The quantitative estimate of drug-likeness (QED) is 0.913. The minimum Gasteiger partial charge on any atom is -0.385 e. The Labute approximate surface area is 123 Å². The van der Waals surface area contributed by atoms with Gasteiger partial charge in [0.25, 0.3) is 0 Å². The molecule has 0 amide bonds. The molecule has 1 aromatic carbocycles. The molecule has 1 N–H and O–H groups in total. The number of fused-ring (bicyclic) bond motifs is 1. The van der Waals surface area contributed by atoms with Gasteiger partial charge in [-0.25, -0.2) is 0 Å². The summed E-state index contributed by atoms with van der Waals surface area (Å²) in [4.78, 5) is 5.06. The largest absolute Gasteiger partial charge is 0.385 e. The average molecular weight is 273 g/mol. The summed E-state index contributed by atoms with van der Waals surface area (Å²) in [7, 11) is 2.27. The van der Waals surface area contributed by atoms with E-state index >= 15 is 0 Å². The molecular formula is C17H27N3. The van der Waals surface area contributed by atoms with Crippen molar-refractivity contribution in [3.8, 4) is 0 Å². The molecule has 0 radical (unpaired) electrons. The molecule has 2 aliphatic heterocycles. The fourth-order valence-corrected chi connectivity index (χ4v) is 3.51. The van der Waals surface area contributed by atoms with Crippen molar-refractivity contribution >= 4 is 11.4 Å². The number of anilines is 2. The number of likely N-dealkylation sites (tertiary alicyclic amines) is 1. The van der Waals surface area contributed by atoms with Gasteiger partial charge in [-0.15, -0.1) is 0 Å². The number of hydrogen-bond acceptors (Lipinski definition) is 3. The summed E-state index contributed by atoms with van der Waals surface area (Å²) >= 11 is 0. The van der Waals surface area contributed by atoms with Crippen LogP contribution in [0, 0.1) is 0 Å². The van der Waals surface area contributed by atoms with Crippen LogP contribution in [0.25, 0.3) is 0 Å². The zero-order valence-corrected chi connectivity index (χ0v) is 12.9. The smallest absolute Gasteiger partial charge is 0.0374 e. The predicted octanol–water partition coefficient (Wildman–Crippen LogP) is 2.97. The van der Waals surface area contributed by atoms with Gasteiger partial charge in [-0.05, 0) is 56.0 Å². The van der Waals surface area contributed by atoms with Crippen molar-refractivity contribution in [1.29, 1.82) is 0 Å². The molecular weight excluding hydrogens is 246 g/mol. The summed E-state index contributed by atoms with van der Waals surface area (Å²) < 4.78 is 0. The lowest BCUT2D eigenvalue weighted by atomic mass is 10.00. The third-order valence-corrected chi connectivity index (χ3v) is 4.99. The third-order valence-electron chi connectivity index (χ3n) is 4.99. The number of hydrogen-bond donors (Lipinski definition) is 1. The number of piperidine rings is 1. The third kappa shape index (κ3) is 2.78. The maximum absolute atomic E-state index is 3.50. The molecule has 3 heteroatoms. The van der Waals surface area contributed by atoms with Gasteiger partial charge in [-0.2, -0.15) is 0 Å². The van der Waals surface area contributed by atoms with E-state index in [4.69, 9.17) is 0 Å². The van der Waals surface area contributed by atoms with Crippen LogP contribution in [0.5, 0.6) is 0 Å². The van der Waals surface area contributed by atoms with E-state index in [2.05, 4.69) is 47.3 Å². The summed E-state index contributed by atoms with van der Waals surface area (Å²) in [6.45, 7) is 7.08. The monoisotopic (exact) mass is 273 g/mol. The molecule has 0 aromatic heterocycles. The normalized spacial score (nSPS) is 20.3. The second-order valence-electron chi connectivity index (χ2n) is 6.15. The van der Waals surface area contributed by atoms with Crippen LogP contribution in [-0.2, 0) is 6.42 Å². The molecule has 2 heterocycles. The molecule has 20 heavy (non-hydrogen) atoms. The first kappa shape index (κ1) is 13.7. The van der Waals surface area contributed by atoms with E-state index in [1.807, 2.05) is 0 Å². The fourth-order valence-electron chi connectivity index (χ4n) is 3.51. The van der Waals surface area contributed by atoms with Crippen molar-refractivity contribution in [1.82, 2.24) is 4.90 Å². The molecule has 0 spiro atoms. The number of benzene rings is 1. The second kappa shape index (κ2) is 6.04. The van der Waals surface area contributed by atoms with Gasteiger partial charge in [0.2, 0.25) is 0 Å². The molecule has 0 saturated carbocycles. The van der Waals surface area contributed by atoms with E-state index in [0.717, 1.165) is 6.54 Å².